The third-order valence-electron chi connectivity index (χ3n) is 4.75. The van der Waals surface area contributed by atoms with Crippen molar-refractivity contribution in [2.75, 3.05) is 6.54 Å². The Morgan fingerprint density at radius 3 is 2.46 bits per heavy atom. The van der Waals surface area contributed by atoms with Crippen LogP contribution in [0.15, 0.2) is 48.8 Å². The van der Waals surface area contributed by atoms with Gasteiger partial charge in [-0.05, 0) is 37.1 Å². The summed E-state index contributed by atoms with van der Waals surface area (Å²) in [5.41, 5.74) is 3.37. The SMILES string of the molecule is Cc1cccn2cc(COC(=O)CCCN3C(=O)c4ccccc4C3=O)nc12. The summed E-state index contributed by atoms with van der Waals surface area (Å²) in [4.78, 5) is 42.2. The lowest BCUT2D eigenvalue weighted by molar-refractivity contribution is -0.145. The van der Waals surface area contributed by atoms with Crippen LogP contribution in [0.25, 0.3) is 5.65 Å². The van der Waals surface area contributed by atoms with E-state index in [9.17, 15) is 14.4 Å². The molecule has 0 saturated carbocycles. The van der Waals surface area contributed by atoms with E-state index in [4.69, 9.17) is 4.74 Å². The Kier molecular flexibility index (Phi) is 4.65. The van der Waals surface area contributed by atoms with Crippen molar-refractivity contribution in [1.82, 2.24) is 14.3 Å². The molecular formula is C21H19N3O4. The van der Waals surface area contributed by atoms with Crippen LogP contribution in [0.4, 0.5) is 0 Å². The van der Waals surface area contributed by atoms with Crippen molar-refractivity contribution < 1.29 is 19.1 Å². The second kappa shape index (κ2) is 7.26. The lowest BCUT2D eigenvalue weighted by Gasteiger charge is -2.13. The Morgan fingerprint density at radius 2 is 1.79 bits per heavy atom. The molecule has 0 saturated heterocycles. The van der Waals surface area contributed by atoms with Gasteiger partial charge in [-0.2, -0.15) is 0 Å². The zero-order valence-corrected chi connectivity index (χ0v) is 15.4. The molecule has 0 unspecified atom stereocenters. The second-order valence-electron chi connectivity index (χ2n) is 6.73. The molecule has 0 fully saturated rings. The third kappa shape index (κ3) is 3.26. The van der Waals surface area contributed by atoms with Crippen LogP contribution >= 0.6 is 0 Å². The molecule has 1 aliphatic heterocycles. The number of rotatable bonds is 6. The minimum absolute atomic E-state index is 0.0902. The topological polar surface area (TPSA) is 81.0 Å². The van der Waals surface area contributed by atoms with E-state index in [1.807, 2.05) is 35.9 Å². The molecule has 0 N–H and O–H groups in total. The van der Waals surface area contributed by atoms with Gasteiger partial charge in [-0.3, -0.25) is 19.3 Å². The number of hydrogen-bond donors (Lipinski definition) is 0. The highest BCUT2D eigenvalue weighted by Gasteiger charge is 2.34. The van der Waals surface area contributed by atoms with Gasteiger partial charge >= 0.3 is 5.97 Å². The van der Waals surface area contributed by atoms with Crippen molar-refractivity contribution in [3.63, 3.8) is 0 Å². The van der Waals surface area contributed by atoms with Crippen molar-refractivity contribution in [3.8, 4) is 0 Å². The highest BCUT2D eigenvalue weighted by Crippen LogP contribution is 2.22. The summed E-state index contributed by atoms with van der Waals surface area (Å²) < 4.78 is 7.16. The van der Waals surface area contributed by atoms with Crippen LogP contribution in [0.5, 0.6) is 0 Å². The number of nitrogens with zero attached hydrogens (tertiary/aromatic N) is 3. The van der Waals surface area contributed by atoms with Gasteiger partial charge < -0.3 is 9.14 Å². The maximum Gasteiger partial charge on any atom is 0.306 e. The second-order valence-corrected chi connectivity index (χ2v) is 6.73. The average Bonchev–Trinajstić information content (AvgIpc) is 3.22. The Morgan fingerprint density at radius 1 is 1.07 bits per heavy atom. The number of esters is 1. The van der Waals surface area contributed by atoms with Crippen LogP contribution in [0.1, 0.15) is 44.8 Å². The molecule has 0 spiro atoms. The first-order chi connectivity index (χ1) is 13.5. The zero-order chi connectivity index (χ0) is 19.7. The van der Waals surface area contributed by atoms with Gasteiger partial charge in [-0.15, -0.1) is 0 Å². The average molecular weight is 377 g/mol. The van der Waals surface area contributed by atoms with Crippen molar-refractivity contribution in [1.29, 1.82) is 0 Å². The summed E-state index contributed by atoms with van der Waals surface area (Å²) >= 11 is 0. The number of aromatic nitrogens is 2. The van der Waals surface area contributed by atoms with E-state index in [0.717, 1.165) is 11.2 Å². The van der Waals surface area contributed by atoms with E-state index >= 15 is 0 Å². The molecule has 0 radical (unpaired) electrons. The number of imidazole rings is 1. The van der Waals surface area contributed by atoms with E-state index in [0.29, 0.717) is 23.2 Å². The van der Waals surface area contributed by atoms with Gasteiger partial charge in [-0.25, -0.2) is 4.98 Å². The molecule has 3 aromatic rings. The minimum Gasteiger partial charge on any atom is -0.459 e. The van der Waals surface area contributed by atoms with E-state index in [1.54, 1.807) is 24.3 Å². The van der Waals surface area contributed by atoms with Crippen LogP contribution in [0.3, 0.4) is 0 Å². The van der Waals surface area contributed by atoms with Crippen molar-refractivity contribution in [2.24, 2.45) is 0 Å². The van der Waals surface area contributed by atoms with E-state index in [-0.39, 0.29) is 37.4 Å². The number of fused-ring (bicyclic) bond motifs is 2. The summed E-state index contributed by atoms with van der Waals surface area (Å²) in [5.74, 6) is -1.01. The maximum atomic E-state index is 12.3. The van der Waals surface area contributed by atoms with Gasteiger partial charge in [0.25, 0.3) is 11.8 Å². The summed E-state index contributed by atoms with van der Waals surface area (Å²) in [6.07, 6.45) is 4.20. The number of carbonyl (C=O) groups is 3. The number of imide groups is 1. The van der Waals surface area contributed by atoms with Crippen molar-refractivity contribution in [2.45, 2.75) is 26.4 Å². The molecule has 7 nitrogen and oxygen atoms in total. The molecule has 0 aliphatic carbocycles. The maximum absolute atomic E-state index is 12.3. The molecule has 0 bridgehead atoms. The van der Waals surface area contributed by atoms with E-state index in [2.05, 4.69) is 4.98 Å². The van der Waals surface area contributed by atoms with Crippen LogP contribution < -0.4 is 0 Å². The Bertz CT molecular complexity index is 1050. The molecule has 2 aromatic heterocycles. The number of benzene rings is 1. The normalized spacial score (nSPS) is 13.2. The standard InChI is InChI=1S/C21H19N3O4/c1-14-6-4-10-23-12-15(22-19(14)23)13-28-18(25)9-5-11-24-20(26)16-7-2-3-8-17(16)21(24)27/h2-4,6-8,10,12H,5,9,11,13H2,1H3. The fourth-order valence-corrected chi connectivity index (χ4v) is 3.32. The van der Waals surface area contributed by atoms with Crippen LogP contribution in [0.2, 0.25) is 0 Å². The van der Waals surface area contributed by atoms with Crippen molar-refractivity contribution >= 4 is 23.4 Å². The van der Waals surface area contributed by atoms with Gasteiger partial charge in [0.2, 0.25) is 0 Å². The number of amides is 2. The van der Waals surface area contributed by atoms with Gasteiger partial charge in [0.15, 0.2) is 0 Å². The molecule has 3 heterocycles. The van der Waals surface area contributed by atoms with Crippen LogP contribution in [-0.2, 0) is 16.1 Å². The zero-order valence-electron chi connectivity index (χ0n) is 15.4. The lowest BCUT2D eigenvalue weighted by Crippen LogP contribution is -2.31. The van der Waals surface area contributed by atoms with Gasteiger partial charge in [0.05, 0.1) is 16.8 Å². The molecule has 1 aromatic carbocycles. The highest BCUT2D eigenvalue weighted by molar-refractivity contribution is 6.21. The number of ether oxygens (including phenoxy) is 1. The number of aryl methyl sites for hydroxylation is 1. The lowest BCUT2D eigenvalue weighted by atomic mass is 10.1. The molecule has 0 atom stereocenters. The Labute approximate surface area is 161 Å². The van der Waals surface area contributed by atoms with Crippen LogP contribution in [-0.4, -0.2) is 38.6 Å². The molecule has 2 amide bonds. The van der Waals surface area contributed by atoms with E-state index < -0.39 is 0 Å². The monoisotopic (exact) mass is 377 g/mol. The summed E-state index contributed by atoms with van der Waals surface area (Å²) in [6.45, 7) is 2.25. The summed E-state index contributed by atoms with van der Waals surface area (Å²) in [7, 11) is 0. The van der Waals surface area contributed by atoms with Crippen LogP contribution in [0, 0.1) is 6.92 Å². The molecular weight excluding hydrogens is 358 g/mol. The summed E-state index contributed by atoms with van der Waals surface area (Å²) in [5, 5.41) is 0. The molecule has 142 valence electrons. The quantitative estimate of drug-likeness (QED) is 0.487. The predicted molar refractivity (Wildman–Crippen MR) is 101 cm³/mol. The van der Waals surface area contributed by atoms with E-state index in [1.165, 1.54) is 4.90 Å². The van der Waals surface area contributed by atoms with Gasteiger partial charge in [0.1, 0.15) is 12.3 Å². The highest BCUT2D eigenvalue weighted by atomic mass is 16.5. The molecule has 4 rings (SSSR count). The first-order valence-electron chi connectivity index (χ1n) is 9.08. The molecule has 28 heavy (non-hydrogen) atoms. The third-order valence-corrected chi connectivity index (χ3v) is 4.75. The fraction of sp³-hybridized carbons (Fsp3) is 0.238. The number of carbonyl (C=O) groups excluding carboxylic acids is 3. The molecule has 1 aliphatic rings. The minimum atomic E-state index is -0.384. The Balaban J connectivity index is 1.28. The fourth-order valence-electron chi connectivity index (χ4n) is 3.32. The largest absolute Gasteiger partial charge is 0.459 e. The Hall–Kier alpha value is -3.48. The molecule has 7 heteroatoms. The first kappa shape index (κ1) is 17.9. The smallest absolute Gasteiger partial charge is 0.306 e. The van der Waals surface area contributed by atoms with Crippen molar-refractivity contribution in [3.05, 3.63) is 71.2 Å². The number of hydrogen-bond acceptors (Lipinski definition) is 5. The summed E-state index contributed by atoms with van der Waals surface area (Å²) in [6, 6.07) is 10.6. The number of pyridine rings is 1. The predicted octanol–water partition coefficient (Wildman–Crippen LogP) is 2.76. The van der Waals surface area contributed by atoms with Gasteiger partial charge in [0, 0.05) is 25.4 Å². The first-order valence-corrected chi connectivity index (χ1v) is 9.08. The van der Waals surface area contributed by atoms with Gasteiger partial charge in [-0.1, -0.05) is 18.2 Å².